The summed E-state index contributed by atoms with van der Waals surface area (Å²) in [5, 5.41) is 2.87. The second-order valence-electron chi connectivity index (χ2n) is 7.69. The fourth-order valence-corrected chi connectivity index (χ4v) is 4.50. The molecule has 3 aliphatic rings. The maximum atomic E-state index is 12.4. The number of carbonyl (C=O) groups excluding carboxylic acids is 1. The molecular weight excluding hydrogens is 338 g/mol. The highest BCUT2D eigenvalue weighted by atomic mass is 16.2. The number of aromatic nitrogens is 2. The number of hydrogen-bond acceptors (Lipinski definition) is 5. The first-order chi connectivity index (χ1) is 13.1. The summed E-state index contributed by atoms with van der Waals surface area (Å²) in [6, 6.07) is 10.2. The summed E-state index contributed by atoms with van der Waals surface area (Å²) in [6.45, 7) is 3.45. The van der Waals surface area contributed by atoms with Gasteiger partial charge >= 0.3 is 0 Å². The molecule has 0 radical (unpaired) electrons. The predicted octanol–water partition coefficient (Wildman–Crippen LogP) is 2.52. The molecule has 3 heterocycles. The molecule has 27 heavy (non-hydrogen) atoms. The minimum Gasteiger partial charge on any atom is -0.356 e. The van der Waals surface area contributed by atoms with Crippen LogP contribution in [0.5, 0.6) is 0 Å². The van der Waals surface area contributed by atoms with Crippen molar-refractivity contribution in [1.29, 1.82) is 0 Å². The van der Waals surface area contributed by atoms with E-state index >= 15 is 0 Å². The van der Waals surface area contributed by atoms with E-state index in [9.17, 15) is 4.79 Å². The fraction of sp³-hybridized carbons (Fsp3) is 0.429. The Morgan fingerprint density at radius 1 is 1.07 bits per heavy atom. The number of amides is 1. The number of aryl methyl sites for hydroxylation is 1. The van der Waals surface area contributed by atoms with Crippen LogP contribution in [-0.4, -0.2) is 40.3 Å². The second kappa shape index (κ2) is 6.15. The average molecular weight is 361 g/mol. The molecule has 5 rings (SSSR count). The number of nitrogens with zero attached hydrogens (tertiary/aromatic N) is 4. The van der Waals surface area contributed by atoms with Crippen LogP contribution in [0.2, 0.25) is 0 Å². The van der Waals surface area contributed by atoms with Gasteiger partial charge in [0, 0.05) is 29.9 Å². The predicted molar refractivity (Wildman–Crippen MR) is 105 cm³/mol. The minimum absolute atomic E-state index is 0.0533. The van der Waals surface area contributed by atoms with E-state index in [4.69, 9.17) is 9.97 Å². The Morgan fingerprint density at radius 3 is 2.56 bits per heavy atom. The molecule has 0 atom stereocenters. The topological polar surface area (TPSA) is 70.5 Å². The van der Waals surface area contributed by atoms with Crippen LogP contribution in [0.15, 0.2) is 35.3 Å². The second-order valence-corrected chi connectivity index (χ2v) is 7.69. The van der Waals surface area contributed by atoms with Crippen molar-refractivity contribution in [2.24, 2.45) is 4.99 Å². The van der Waals surface area contributed by atoms with Crippen molar-refractivity contribution < 1.29 is 4.79 Å². The molecule has 1 spiro atoms. The Labute approximate surface area is 158 Å². The number of piperidine rings is 1. The van der Waals surface area contributed by atoms with Crippen molar-refractivity contribution in [2.45, 2.75) is 44.6 Å². The van der Waals surface area contributed by atoms with Crippen LogP contribution in [0.3, 0.4) is 0 Å². The standard InChI is InChI=1S/C21H23N5O/c1-14-22-20(27)21(25-14)10-12-26(13-11-21)19-16-8-5-9-17(16)23-18(24-19)15-6-3-2-4-7-15/h2-4,6-7H,5,8-13H2,1H3,(H,22,25,27). The molecule has 1 aliphatic carbocycles. The van der Waals surface area contributed by atoms with E-state index in [1.165, 1.54) is 11.3 Å². The first kappa shape index (κ1) is 16.4. The maximum Gasteiger partial charge on any atom is 0.253 e. The number of fused-ring (bicyclic) bond motifs is 1. The van der Waals surface area contributed by atoms with Crippen molar-refractivity contribution >= 4 is 17.6 Å². The third-order valence-corrected chi connectivity index (χ3v) is 5.93. The van der Waals surface area contributed by atoms with E-state index < -0.39 is 5.54 Å². The van der Waals surface area contributed by atoms with Crippen LogP contribution in [0, 0.1) is 0 Å². The lowest BCUT2D eigenvalue weighted by molar-refractivity contribution is -0.124. The molecule has 1 aromatic carbocycles. The van der Waals surface area contributed by atoms with Crippen LogP contribution in [0.1, 0.15) is 37.4 Å². The minimum atomic E-state index is -0.570. The van der Waals surface area contributed by atoms with Crippen LogP contribution in [0.25, 0.3) is 11.4 Å². The van der Waals surface area contributed by atoms with Gasteiger partial charge in [-0.3, -0.25) is 9.79 Å². The fourth-order valence-electron chi connectivity index (χ4n) is 4.50. The molecular formula is C21H23N5O. The summed E-state index contributed by atoms with van der Waals surface area (Å²) in [7, 11) is 0. The highest BCUT2D eigenvalue weighted by molar-refractivity contribution is 6.07. The van der Waals surface area contributed by atoms with Gasteiger partial charge < -0.3 is 10.2 Å². The van der Waals surface area contributed by atoms with Crippen molar-refractivity contribution in [1.82, 2.24) is 15.3 Å². The monoisotopic (exact) mass is 361 g/mol. The Kier molecular flexibility index (Phi) is 3.74. The molecule has 2 aliphatic heterocycles. The number of benzene rings is 1. The number of amidine groups is 1. The Morgan fingerprint density at radius 2 is 1.85 bits per heavy atom. The normalized spacial score (nSPS) is 20.6. The summed E-state index contributed by atoms with van der Waals surface area (Å²) in [5.41, 5.74) is 2.96. The van der Waals surface area contributed by atoms with Gasteiger partial charge in [-0.1, -0.05) is 30.3 Å². The smallest absolute Gasteiger partial charge is 0.253 e. The van der Waals surface area contributed by atoms with Crippen LogP contribution < -0.4 is 10.2 Å². The molecule has 0 saturated carbocycles. The number of hydrogen-bond donors (Lipinski definition) is 1. The van der Waals surface area contributed by atoms with Crippen molar-refractivity contribution in [3.63, 3.8) is 0 Å². The zero-order chi connectivity index (χ0) is 18.4. The van der Waals surface area contributed by atoms with E-state index in [-0.39, 0.29) is 5.91 Å². The molecule has 1 aromatic heterocycles. The largest absolute Gasteiger partial charge is 0.356 e. The average Bonchev–Trinajstić information content (AvgIpc) is 3.27. The molecule has 0 unspecified atom stereocenters. The molecule has 1 amide bonds. The zero-order valence-electron chi connectivity index (χ0n) is 15.5. The number of anilines is 1. The lowest BCUT2D eigenvalue weighted by atomic mass is 9.88. The lowest BCUT2D eigenvalue weighted by Gasteiger charge is -2.37. The Balaban J connectivity index is 1.47. The number of carbonyl (C=O) groups is 1. The van der Waals surface area contributed by atoms with Gasteiger partial charge in [-0.15, -0.1) is 0 Å². The van der Waals surface area contributed by atoms with Gasteiger partial charge in [0.2, 0.25) is 0 Å². The summed E-state index contributed by atoms with van der Waals surface area (Å²) >= 11 is 0. The van der Waals surface area contributed by atoms with Crippen molar-refractivity contribution in [3.05, 3.63) is 41.6 Å². The SMILES string of the molecule is CC1=NC2(CCN(c3nc(-c4ccccc4)nc4c3CCC4)CC2)C(=O)N1. The van der Waals surface area contributed by atoms with Crippen LogP contribution in [0.4, 0.5) is 5.82 Å². The van der Waals surface area contributed by atoms with Crippen LogP contribution >= 0.6 is 0 Å². The molecule has 1 saturated heterocycles. The molecule has 1 fully saturated rings. The molecule has 2 aromatic rings. The molecule has 1 N–H and O–H groups in total. The lowest BCUT2D eigenvalue weighted by Crippen LogP contribution is -2.49. The van der Waals surface area contributed by atoms with E-state index in [2.05, 4.69) is 27.3 Å². The first-order valence-electron chi connectivity index (χ1n) is 9.73. The van der Waals surface area contributed by atoms with Gasteiger partial charge in [0.05, 0.1) is 0 Å². The number of rotatable bonds is 2. The summed E-state index contributed by atoms with van der Waals surface area (Å²) < 4.78 is 0. The van der Waals surface area contributed by atoms with Crippen LogP contribution in [-0.2, 0) is 17.6 Å². The number of aliphatic imine (C=N–C) groups is 1. The van der Waals surface area contributed by atoms with E-state index in [1.54, 1.807) is 0 Å². The third-order valence-electron chi connectivity index (χ3n) is 5.93. The molecule has 6 nitrogen and oxygen atoms in total. The molecule has 138 valence electrons. The van der Waals surface area contributed by atoms with E-state index in [1.807, 2.05) is 25.1 Å². The van der Waals surface area contributed by atoms with Gasteiger partial charge in [-0.25, -0.2) is 9.97 Å². The van der Waals surface area contributed by atoms with Gasteiger partial charge in [0.15, 0.2) is 5.82 Å². The Bertz CT molecular complexity index is 929. The number of nitrogens with one attached hydrogen (secondary N) is 1. The molecule has 0 bridgehead atoms. The summed E-state index contributed by atoms with van der Waals surface area (Å²) in [5.74, 6) is 2.66. The quantitative estimate of drug-likeness (QED) is 0.892. The van der Waals surface area contributed by atoms with E-state index in [0.29, 0.717) is 0 Å². The van der Waals surface area contributed by atoms with E-state index in [0.717, 1.165) is 68.2 Å². The summed E-state index contributed by atoms with van der Waals surface area (Å²) in [6.07, 6.45) is 4.66. The van der Waals surface area contributed by atoms with Gasteiger partial charge in [0.1, 0.15) is 17.2 Å². The third kappa shape index (κ3) is 2.71. The first-order valence-corrected chi connectivity index (χ1v) is 9.73. The summed E-state index contributed by atoms with van der Waals surface area (Å²) in [4.78, 5) is 29.1. The highest BCUT2D eigenvalue weighted by Crippen LogP contribution is 2.36. The van der Waals surface area contributed by atoms with Gasteiger partial charge in [0.25, 0.3) is 5.91 Å². The molecule has 6 heteroatoms. The zero-order valence-corrected chi connectivity index (χ0v) is 15.5. The van der Waals surface area contributed by atoms with Gasteiger partial charge in [-0.05, 0) is 39.0 Å². The van der Waals surface area contributed by atoms with Gasteiger partial charge in [-0.2, -0.15) is 0 Å². The van der Waals surface area contributed by atoms with Crippen molar-refractivity contribution in [3.8, 4) is 11.4 Å². The van der Waals surface area contributed by atoms with Crippen molar-refractivity contribution in [2.75, 3.05) is 18.0 Å². The Hall–Kier alpha value is -2.76. The highest BCUT2D eigenvalue weighted by Gasteiger charge is 2.45. The maximum absolute atomic E-state index is 12.4.